The fraction of sp³-hybridized carbons (Fsp3) is 0.308. The summed E-state index contributed by atoms with van der Waals surface area (Å²) in [6, 6.07) is 2.62. The van der Waals surface area contributed by atoms with E-state index in [-0.39, 0.29) is 11.3 Å². The number of carbonyl (C=O) groups excluding carboxylic acids is 3. The highest BCUT2D eigenvalue weighted by atomic mass is 19.1. The van der Waals surface area contributed by atoms with Crippen LogP contribution in [0.25, 0.3) is 0 Å². The third kappa shape index (κ3) is 4.75. The smallest absolute Gasteiger partial charge is 0.338 e. The number of anilines is 1. The first-order chi connectivity index (χ1) is 9.85. The molecule has 0 radical (unpaired) electrons. The lowest BCUT2D eigenvalue weighted by Crippen LogP contribution is -2.44. The Balaban J connectivity index is 2.63. The first-order valence-electron chi connectivity index (χ1n) is 6.19. The molecule has 0 aliphatic carbocycles. The summed E-state index contributed by atoms with van der Waals surface area (Å²) in [5.74, 6) is -2.28. The maximum Gasteiger partial charge on any atom is 0.338 e. The van der Waals surface area contributed by atoms with E-state index in [1.807, 2.05) is 5.32 Å². The minimum atomic E-state index is -1.19. The Hall–Kier alpha value is -2.64. The molecular formula is C13H16FN3O4. The fourth-order valence-electron chi connectivity index (χ4n) is 1.37. The number of nitrogens with two attached hydrogens (primary N) is 1. The first kappa shape index (κ1) is 16.4. The summed E-state index contributed by atoms with van der Waals surface area (Å²) in [4.78, 5) is 34.5. The number of hydrogen-bond donors (Lipinski definition) is 3. The summed E-state index contributed by atoms with van der Waals surface area (Å²) in [5.41, 5.74) is 5.13. The Morgan fingerprint density at radius 3 is 2.62 bits per heavy atom. The third-order valence-corrected chi connectivity index (χ3v) is 2.46. The molecule has 0 saturated heterocycles. The van der Waals surface area contributed by atoms with Gasteiger partial charge in [0.15, 0.2) is 6.10 Å². The SMILES string of the molecule is CCNC(=O)NC(=O)C(C)OC(=O)c1ccc(F)c(N)c1. The molecule has 8 heteroatoms. The Labute approximate surface area is 120 Å². The van der Waals surface area contributed by atoms with E-state index in [1.54, 1.807) is 6.92 Å². The van der Waals surface area contributed by atoms with Crippen molar-refractivity contribution < 1.29 is 23.5 Å². The summed E-state index contributed by atoms with van der Waals surface area (Å²) < 4.78 is 17.8. The molecule has 0 saturated carbocycles. The van der Waals surface area contributed by atoms with E-state index >= 15 is 0 Å². The van der Waals surface area contributed by atoms with Crippen LogP contribution in [0.15, 0.2) is 18.2 Å². The van der Waals surface area contributed by atoms with Gasteiger partial charge in [-0.1, -0.05) is 0 Å². The lowest BCUT2D eigenvalue weighted by Gasteiger charge is -2.13. The van der Waals surface area contributed by atoms with Crippen molar-refractivity contribution in [2.24, 2.45) is 0 Å². The number of hydrogen-bond acceptors (Lipinski definition) is 5. The average Bonchev–Trinajstić information content (AvgIpc) is 2.41. The van der Waals surface area contributed by atoms with Crippen molar-refractivity contribution in [3.63, 3.8) is 0 Å². The molecule has 0 aliphatic rings. The summed E-state index contributed by atoms with van der Waals surface area (Å²) in [6.07, 6.45) is -1.19. The maximum atomic E-state index is 13.0. The second kappa shape index (κ2) is 7.22. The average molecular weight is 297 g/mol. The van der Waals surface area contributed by atoms with Crippen molar-refractivity contribution >= 4 is 23.6 Å². The van der Waals surface area contributed by atoms with Gasteiger partial charge in [-0.25, -0.2) is 14.0 Å². The van der Waals surface area contributed by atoms with Crippen LogP contribution in [0.1, 0.15) is 24.2 Å². The van der Waals surface area contributed by atoms with E-state index in [4.69, 9.17) is 10.5 Å². The van der Waals surface area contributed by atoms with E-state index in [0.29, 0.717) is 6.54 Å². The van der Waals surface area contributed by atoms with Gasteiger partial charge in [0.1, 0.15) is 5.82 Å². The van der Waals surface area contributed by atoms with Crippen molar-refractivity contribution in [3.8, 4) is 0 Å². The lowest BCUT2D eigenvalue weighted by molar-refractivity contribution is -0.127. The zero-order valence-electron chi connectivity index (χ0n) is 11.6. The number of nitrogen functional groups attached to an aromatic ring is 1. The zero-order chi connectivity index (χ0) is 16.0. The quantitative estimate of drug-likeness (QED) is 0.562. The van der Waals surface area contributed by atoms with E-state index in [9.17, 15) is 18.8 Å². The number of amides is 3. The van der Waals surface area contributed by atoms with Crippen LogP contribution in [0.4, 0.5) is 14.9 Å². The number of rotatable bonds is 4. The van der Waals surface area contributed by atoms with Crippen molar-refractivity contribution in [1.82, 2.24) is 10.6 Å². The highest BCUT2D eigenvalue weighted by molar-refractivity contribution is 5.98. The summed E-state index contributed by atoms with van der Waals surface area (Å²) in [6.45, 7) is 3.34. The second-order valence-corrected chi connectivity index (χ2v) is 4.13. The highest BCUT2D eigenvalue weighted by Crippen LogP contribution is 2.13. The molecule has 4 N–H and O–H groups in total. The Morgan fingerprint density at radius 2 is 2.05 bits per heavy atom. The summed E-state index contributed by atoms with van der Waals surface area (Å²) in [5, 5.41) is 4.37. The largest absolute Gasteiger partial charge is 0.449 e. The van der Waals surface area contributed by atoms with Crippen molar-refractivity contribution in [2.45, 2.75) is 20.0 Å². The van der Waals surface area contributed by atoms with Gasteiger partial charge >= 0.3 is 12.0 Å². The predicted octanol–water partition coefficient (Wildman–Crippen LogP) is 0.799. The van der Waals surface area contributed by atoms with Crippen LogP contribution in [0.5, 0.6) is 0 Å². The van der Waals surface area contributed by atoms with Gasteiger partial charge in [0.05, 0.1) is 11.3 Å². The number of carbonyl (C=O) groups is 3. The molecule has 1 atom stereocenters. The summed E-state index contributed by atoms with van der Waals surface area (Å²) >= 11 is 0. The van der Waals surface area contributed by atoms with E-state index < -0.39 is 29.8 Å². The van der Waals surface area contributed by atoms with Crippen LogP contribution in [0, 0.1) is 5.82 Å². The van der Waals surface area contributed by atoms with Crippen LogP contribution in [0.2, 0.25) is 0 Å². The highest BCUT2D eigenvalue weighted by Gasteiger charge is 2.21. The molecule has 0 spiro atoms. The number of esters is 1. The Kier molecular flexibility index (Phi) is 5.65. The molecule has 0 aromatic heterocycles. The van der Waals surface area contributed by atoms with Crippen molar-refractivity contribution in [1.29, 1.82) is 0 Å². The molecule has 7 nitrogen and oxygen atoms in total. The van der Waals surface area contributed by atoms with Crippen LogP contribution >= 0.6 is 0 Å². The summed E-state index contributed by atoms with van der Waals surface area (Å²) in [7, 11) is 0. The molecule has 0 fully saturated rings. The molecule has 0 bridgehead atoms. The van der Waals surface area contributed by atoms with E-state index in [0.717, 1.165) is 12.1 Å². The predicted molar refractivity (Wildman–Crippen MR) is 72.9 cm³/mol. The second-order valence-electron chi connectivity index (χ2n) is 4.13. The number of nitrogens with one attached hydrogen (secondary N) is 2. The third-order valence-electron chi connectivity index (χ3n) is 2.46. The van der Waals surface area contributed by atoms with Gasteiger partial charge in [0.25, 0.3) is 5.91 Å². The molecule has 3 amide bonds. The van der Waals surface area contributed by atoms with Gasteiger partial charge < -0.3 is 15.8 Å². The zero-order valence-corrected chi connectivity index (χ0v) is 11.6. The lowest BCUT2D eigenvalue weighted by atomic mass is 10.2. The molecule has 1 unspecified atom stereocenters. The van der Waals surface area contributed by atoms with Crippen LogP contribution < -0.4 is 16.4 Å². The molecule has 21 heavy (non-hydrogen) atoms. The van der Waals surface area contributed by atoms with Gasteiger partial charge in [-0.15, -0.1) is 0 Å². The van der Waals surface area contributed by atoms with Gasteiger partial charge in [-0.3, -0.25) is 10.1 Å². The molecule has 0 aliphatic heterocycles. The minimum absolute atomic E-state index is 0.00607. The molecule has 1 rings (SSSR count). The van der Waals surface area contributed by atoms with E-state index in [2.05, 4.69) is 5.32 Å². The van der Waals surface area contributed by atoms with Crippen molar-refractivity contribution in [3.05, 3.63) is 29.6 Å². The molecule has 0 heterocycles. The van der Waals surface area contributed by atoms with Crippen molar-refractivity contribution in [2.75, 3.05) is 12.3 Å². The standard InChI is InChI=1S/C13H16FN3O4/c1-3-16-13(20)17-11(18)7(2)21-12(19)8-4-5-9(14)10(15)6-8/h4-7H,3,15H2,1-2H3,(H2,16,17,18,20). The number of benzene rings is 1. The molecule has 1 aromatic rings. The number of urea groups is 1. The molecule has 1 aromatic carbocycles. The Morgan fingerprint density at radius 1 is 1.38 bits per heavy atom. The Bertz CT molecular complexity index is 562. The monoisotopic (exact) mass is 297 g/mol. The van der Waals surface area contributed by atoms with Gasteiger partial charge in [-0.2, -0.15) is 0 Å². The maximum absolute atomic E-state index is 13.0. The van der Waals surface area contributed by atoms with Crippen LogP contribution in [0.3, 0.4) is 0 Å². The van der Waals surface area contributed by atoms with Gasteiger partial charge in [0.2, 0.25) is 0 Å². The van der Waals surface area contributed by atoms with Crippen LogP contribution in [-0.4, -0.2) is 30.6 Å². The van der Waals surface area contributed by atoms with E-state index in [1.165, 1.54) is 13.0 Å². The van der Waals surface area contributed by atoms with Crippen LogP contribution in [-0.2, 0) is 9.53 Å². The normalized spacial score (nSPS) is 11.4. The number of ether oxygens (including phenoxy) is 1. The minimum Gasteiger partial charge on any atom is -0.449 e. The van der Waals surface area contributed by atoms with Gasteiger partial charge in [0, 0.05) is 6.54 Å². The topological polar surface area (TPSA) is 111 Å². The number of imide groups is 1. The molecular weight excluding hydrogens is 281 g/mol. The molecule has 114 valence electrons. The van der Waals surface area contributed by atoms with Gasteiger partial charge in [-0.05, 0) is 32.0 Å². The fourth-order valence-corrected chi connectivity index (χ4v) is 1.37. The first-order valence-corrected chi connectivity index (χ1v) is 6.19. The number of halogens is 1.